The molecule has 1 N–H and O–H groups in total. The summed E-state index contributed by atoms with van der Waals surface area (Å²) in [6.07, 6.45) is 0. The van der Waals surface area contributed by atoms with Gasteiger partial charge >= 0.3 is 0 Å². The Morgan fingerprint density at radius 3 is 2.82 bits per heavy atom. The van der Waals surface area contributed by atoms with Crippen molar-refractivity contribution in [1.29, 1.82) is 0 Å². The number of anilines is 1. The van der Waals surface area contributed by atoms with Crippen LogP contribution in [0.1, 0.15) is 21.7 Å². The summed E-state index contributed by atoms with van der Waals surface area (Å²) in [5.41, 5.74) is 2.22. The number of amides is 1. The van der Waals surface area contributed by atoms with Gasteiger partial charge in [-0.1, -0.05) is 6.07 Å². The van der Waals surface area contributed by atoms with Crippen molar-refractivity contribution in [2.24, 2.45) is 0 Å². The van der Waals surface area contributed by atoms with Crippen LogP contribution < -0.4 is 10.1 Å². The highest BCUT2D eigenvalue weighted by Crippen LogP contribution is 2.14. The van der Waals surface area contributed by atoms with Gasteiger partial charge in [0.1, 0.15) is 5.75 Å². The molecule has 0 bridgehead atoms. The summed E-state index contributed by atoms with van der Waals surface area (Å²) in [6.45, 7) is 3.79. The van der Waals surface area contributed by atoms with Crippen LogP contribution in [0.15, 0.2) is 30.3 Å². The summed E-state index contributed by atoms with van der Waals surface area (Å²) in [4.78, 5) is 20.7. The number of hydrogen-bond acceptors (Lipinski definition) is 5. The van der Waals surface area contributed by atoms with Gasteiger partial charge in [0.2, 0.25) is 0 Å². The van der Waals surface area contributed by atoms with Gasteiger partial charge < -0.3 is 4.74 Å². The fourth-order valence-electron chi connectivity index (χ4n) is 2.16. The fourth-order valence-corrected chi connectivity index (χ4v) is 2.16. The molecule has 22 heavy (non-hydrogen) atoms. The molecule has 0 saturated carbocycles. The highest BCUT2D eigenvalue weighted by Gasteiger charge is 2.12. The molecule has 0 aliphatic rings. The molecule has 112 valence electrons. The molecule has 0 aliphatic carbocycles. The Balaban J connectivity index is 1.89. The lowest BCUT2D eigenvalue weighted by molar-refractivity contribution is 0.102. The largest absolute Gasteiger partial charge is 0.497 e. The predicted molar refractivity (Wildman–Crippen MR) is 81.2 cm³/mol. The molecule has 3 rings (SSSR count). The van der Waals surface area contributed by atoms with E-state index in [0.717, 1.165) is 11.4 Å². The van der Waals surface area contributed by atoms with Crippen molar-refractivity contribution in [3.63, 3.8) is 0 Å². The molecule has 0 spiro atoms. The Morgan fingerprint density at radius 1 is 1.23 bits per heavy atom. The van der Waals surface area contributed by atoms with Crippen molar-refractivity contribution in [1.82, 2.24) is 19.6 Å². The normalized spacial score (nSPS) is 10.7. The van der Waals surface area contributed by atoms with E-state index in [0.29, 0.717) is 17.1 Å². The van der Waals surface area contributed by atoms with Gasteiger partial charge in [0, 0.05) is 17.0 Å². The zero-order valence-electron chi connectivity index (χ0n) is 12.5. The molecular formula is C15H15N5O2. The van der Waals surface area contributed by atoms with Gasteiger partial charge in [0.25, 0.3) is 17.6 Å². The number of rotatable bonds is 3. The molecule has 1 amide bonds. The van der Waals surface area contributed by atoms with E-state index in [9.17, 15) is 4.79 Å². The van der Waals surface area contributed by atoms with Crippen molar-refractivity contribution in [3.05, 3.63) is 47.3 Å². The minimum atomic E-state index is -0.302. The van der Waals surface area contributed by atoms with E-state index in [1.54, 1.807) is 35.9 Å². The first-order chi connectivity index (χ1) is 10.6. The van der Waals surface area contributed by atoms with Crippen molar-refractivity contribution >= 4 is 17.6 Å². The van der Waals surface area contributed by atoms with Crippen LogP contribution in [0.2, 0.25) is 0 Å². The summed E-state index contributed by atoms with van der Waals surface area (Å²) in [6, 6.07) is 8.77. The maximum Gasteiger partial charge on any atom is 0.258 e. The van der Waals surface area contributed by atoms with Gasteiger partial charge in [0.15, 0.2) is 0 Å². The molecular weight excluding hydrogens is 282 g/mol. The molecule has 3 aromatic rings. The Labute approximate surface area is 127 Å². The number of benzene rings is 1. The van der Waals surface area contributed by atoms with E-state index in [4.69, 9.17) is 4.74 Å². The van der Waals surface area contributed by atoms with Crippen LogP contribution in [-0.2, 0) is 0 Å². The van der Waals surface area contributed by atoms with E-state index in [-0.39, 0.29) is 11.9 Å². The zero-order chi connectivity index (χ0) is 15.7. The maximum absolute atomic E-state index is 12.2. The number of ether oxygens (including phenoxy) is 1. The van der Waals surface area contributed by atoms with Crippen molar-refractivity contribution < 1.29 is 9.53 Å². The molecule has 7 heteroatoms. The van der Waals surface area contributed by atoms with Gasteiger partial charge in [-0.3, -0.25) is 10.1 Å². The first kappa shape index (κ1) is 14.0. The van der Waals surface area contributed by atoms with E-state index >= 15 is 0 Å². The summed E-state index contributed by atoms with van der Waals surface area (Å²) >= 11 is 0. The molecule has 2 heterocycles. The standard InChI is InChI=1S/C15H15N5O2/c1-9-7-10(2)20-15(16-9)18-14(19-20)17-13(21)11-5-4-6-12(8-11)22-3/h4-8H,1-3H3,(H,17,19,21). The molecule has 1 aromatic carbocycles. The van der Waals surface area contributed by atoms with E-state index in [2.05, 4.69) is 20.4 Å². The fraction of sp³-hybridized carbons (Fsp3) is 0.200. The number of carbonyl (C=O) groups excluding carboxylic acids is 1. The molecule has 0 radical (unpaired) electrons. The van der Waals surface area contributed by atoms with Crippen LogP contribution in [0.4, 0.5) is 5.95 Å². The van der Waals surface area contributed by atoms with Crippen LogP contribution in [0, 0.1) is 13.8 Å². The van der Waals surface area contributed by atoms with Crippen molar-refractivity contribution in [3.8, 4) is 5.75 Å². The number of methoxy groups -OCH3 is 1. The van der Waals surface area contributed by atoms with Gasteiger partial charge in [-0.05, 0) is 38.1 Å². The number of hydrogen-bond donors (Lipinski definition) is 1. The Bertz CT molecular complexity index is 856. The monoisotopic (exact) mass is 297 g/mol. The zero-order valence-corrected chi connectivity index (χ0v) is 12.5. The number of aryl methyl sites for hydroxylation is 2. The summed E-state index contributed by atoms with van der Waals surface area (Å²) in [7, 11) is 1.55. The predicted octanol–water partition coefficient (Wildman–Crippen LogP) is 2.00. The summed E-state index contributed by atoms with van der Waals surface area (Å²) in [5.74, 6) is 0.986. The first-order valence-corrected chi connectivity index (χ1v) is 6.73. The first-order valence-electron chi connectivity index (χ1n) is 6.73. The molecule has 7 nitrogen and oxygen atoms in total. The van der Waals surface area contributed by atoms with Gasteiger partial charge in [0.05, 0.1) is 7.11 Å². The van der Waals surface area contributed by atoms with Crippen LogP contribution in [0.5, 0.6) is 5.75 Å². The Hall–Kier alpha value is -2.96. The minimum Gasteiger partial charge on any atom is -0.497 e. The molecule has 0 aliphatic heterocycles. The average Bonchev–Trinajstić information content (AvgIpc) is 2.90. The smallest absolute Gasteiger partial charge is 0.258 e. The van der Waals surface area contributed by atoms with Gasteiger partial charge in [-0.2, -0.15) is 9.50 Å². The minimum absolute atomic E-state index is 0.217. The SMILES string of the molecule is COc1cccc(C(=O)Nc2nc3nc(C)cc(C)n3n2)c1. The van der Waals surface area contributed by atoms with Crippen LogP contribution in [0.25, 0.3) is 5.78 Å². The second-order valence-electron chi connectivity index (χ2n) is 4.87. The van der Waals surface area contributed by atoms with E-state index in [1.807, 2.05) is 19.9 Å². The second-order valence-corrected chi connectivity index (χ2v) is 4.87. The number of carbonyl (C=O) groups is 1. The quantitative estimate of drug-likeness (QED) is 0.799. The topological polar surface area (TPSA) is 81.4 Å². The lowest BCUT2D eigenvalue weighted by Crippen LogP contribution is -2.13. The third-order valence-electron chi connectivity index (χ3n) is 3.18. The highest BCUT2D eigenvalue weighted by molar-refractivity contribution is 6.03. The number of nitrogens with one attached hydrogen (secondary N) is 1. The molecule has 0 unspecified atom stereocenters. The number of nitrogens with zero attached hydrogens (tertiary/aromatic N) is 4. The van der Waals surface area contributed by atoms with Crippen LogP contribution in [-0.4, -0.2) is 32.6 Å². The van der Waals surface area contributed by atoms with E-state index < -0.39 is 0 Å². The van der Waals surface area contributed by atoms with Crippen molar-refractivity contribution in [2.45, 2.75) is 13.8 Å². The molecule has 2 aromatic heterocycles. The third kappa shape index (κ3) is 2.60. The van der Waals surface area contributed by atoms with Gasteiger partial charge in [-0.15, -0.1) is 5.10 Å². The maximum atomic E-state index is 12.2. The lowest BCUT2D eigenvalue weighted by atomic mass is 10.2. The third-order valence-corrected chi connectivity index (χ3v) is 3.18. The molecule has 0 atom stereocenters. The van der Waals surface area contributed by atoms with Gasteiger partial charge in [-0.25, -0.2) is 4.98 Å². The Morgan fingerprint density at radius 2 is 2.05 bits per heavy atom. The number of fused-ring (bicyclic) bond motifs is 1. The van der Waals surface area contributed by atoms with E-state index in [1.165, 1.54) is 0 Å². The molecule has 0 saturated heterocycles. The average molecular weight is 297 g/mol. The Kier molecular flexibility index (Phi) is 3.46. The summed E-state index contributed by atoms with van der Waals surface area (Å²) in [5, 5.41) is 6.91. The number of aromatic nitrogens is 4. The van der Waals surface area contributed by atoms with Crippen molar-refractivity contribution in [2.75, 3.05) is 12.4 Å². The highest BCUT2D eigenvalue weighted by atomic mass is 16.5. The van der Waals surface area contributed by atoms with Crippen LogP contribution >= 0.6 is 0 Å². The van der Waals surface area contributed by atoms with Crippen LogP contribution in [0.3, 0.4) is 0 Å². The summed E-state index contributed by atoms with van der Waals surface area (Å²) < 4.78 is 6.70. The second kappa shape index (κ2) is 5.44. The lowest BCUT2D eigenvalue weighted by Gasteiger charge is -2.03. The molecule has 0 fully saturated rings.